The van der Waals surface area contributed by atoms with Crippen molar-refractivity contribution >= 4 is 80.1 Å². The maximum absolute atomic E-state index is 13.6. The molecule has 0 aliphatic carbocycles. The molecule has 7 aromatic rings. The summed E-state index contributed by atoms with van der Waals surface area (Å²) in [5.74, 6) is 7.91. The Bertz CT molecular complexity index is 2580. The molecule has 60 heavy (non-hydrogen) atoms. The number of halogens is 1. The van der Waals surface area contributed by atoms with E-state index >= 15 is 0 Å². The zero-order valence-corrected chi connectivity index (χ0v) is 35.5. The summed E-state index contributed by atoms with van der Waals surface area (Å²) in [5.41, 5.74) is 10.7. The van der Waals surface area contributed by atoms with E-state index in [1.54, 1.807) is 23.7 Å². The molecule has 0 saturated carbocycles. The highest BCUT2D eigenvalue weighted by Gasteiger charge is 2.20. The number of thioether (sulfide) groups is 1. The molecule has 4 heterocycles. The van der Waals surface area contributed by atoms with Crippen molar-refractivity contribution < 1.29 is 9.53 Å². The number of ether oxygens (including phenoxy) is 1. The smallest absolute Gasteiger partial charge is 0.301 e. The zero-order valence-electron chi connectivity index (χ0n) is 32.2. The summed E-state index contributed by atoms with van der Waals surface area (Å²) in [4.78, 5) is 44.6. The number of aromatic amines is 1. The third kappa shape index (κ3) is 10.6. The Balaban J connectivity index is 0.906. The highest BCUT2D eigenvalue weighted by Crippen LogP contribution is 2.32. The summed E-state index contributed by atoms with van der Waals surface area (Å²) < 4.78 is 7.13. The van der Waals surface area contributed by atoms with Crippen molar-refractivity contribution in [1.29, 1.82) is 0 Å². The maximum atomic E-state index is 13.6. The van der Waals surface area contributed by atoms with E-state index in [0.717, 1.165) is 28.9 Å². The average Bonchev–Trinajstić information content (AvgIpc) is 4.05. The van der Waals surface area contributed by atoms with Gasteiger partial charge in [0, 0.05) is 57.5 Å². The molecule has 16 nitrogen and oxygen atoms in total. The quantitative estimate of drug-likeness (QED) is 0.0130. The van der Waals surface area contributed by atoms with Crippen LogP contribution in [0.5, 0.6) is 0 Å². The van der Waals surface area contributed by atoms with Crippen LogP contribution in [0.2, 0.25) is 5.02 Å². The molecule has 0 aliphatic heterocycles. The number of amides is 1. The zero-order chi connectivity index (χ0) is 41.8. The number of carbonyl (C=O) groups excluding carboxylic acids is 1. The van der Waals surface area contributed by atoms with Crippen molar-refractivity contribution in [3.05, 3.63) is 122 Å². The van der Waals surface area contributed by atoms with Crippen LogP contribution in [-0.2, 0) is 11.3 Å². The Morgan fingerprint density at radius 1 is 0.983 bits per heavy atom. The van der Waals surface area contributed by atoms with Crippen molar-refractivity contribution in [3.63, 3.8) is 0 Å². The average molecular weight is 883 g/mol. The molecule has 0 aliphatic rings. The second kappa shape index (κ2) is 20.3. The van der Waals surface area contributed by atoms with Gasteiger partial charge in [0.15, 0.2) is 22.5 Å². The predicted molar refractivity (Wildman–Crippen MR) is 240 cm³/mol. The van der Waals surface area contributed by atoms with Crippen LogP contribution in [0.1, 0.15) is 29.3 Å². The highest BCUT2D eigenvalue weighted by atomic mass is 35.5. The van der Waals surface area contributed by atoms with Crippen molar-refractivity contribution in [1.82, 2.24) is 35.0 Å². The number of nitrogens with one attached hydrogen (secondary N) is 3. The number of benzene rings is 3. The van der Waals surface area contributed by atoms with Crippen molar-refractivity contribution in [2.45, 2.75) is 25.0 Å². The number of thiazole rings is 2. The lowest BCUT2D eigenvalue weighted by molar-refractivity contribution is 0.0921. The van der Waals surface area contributed by atoms with Gasteiger partial charge in [-0.2, -0.15) is 4.68 Å². The highest BCUT2D eigenvalue weighted by molar-refractivity contribution is 7.99. The van der Waals surface area contributed by atoms with Crippen LogP contribution in [0.4, 0.5) is 28.1 Å². The van der Waals surface area contributed by atoms with Gasteiger partial charge in [-0.05, 0) is 36.2 Å². The molecule has 0 unspecified atom stereocenters. The van der Waals surface area contributed by atoms with E-state index in [9.17, 15) is 9.59 Å². The molecular formula is C40H40ClN13O3S3. The first-order chi connectivity index (χ1) is 29.3. The molecule has 308 valence electrons. The van der Waals surface area contributed by atoms with Crippen LogP contribution >= 0.6 is 46.0 Å². The van der Waals surface area contributed by atoms with E-state index < -0.39 is 5.56 Å². The third-order valence-electron chi connectivity index (χ3n) is 8.66. The number of nitrogens with zero attached hydrogens (tertiary/aromatic N) is 8. The Kier molecular flexibility index (Phi) is 14.3. The van der Waals surface area contributed by atoms with Gasteiger partial charge in [0.05, 0.1) is 31.1 Å². The minimum Gasteiger partial charge on any atom is -0.393 e. The number of H-pyrrole nitrogens is 1. The van der Waals surface area contributed by atoms with Crippen molar-refractivity contribution in [2.24, 2.45) is 16.1 Å². The van der Waals surface area contributed by atoms with Crippen LogP contribution in [-0.4, -0.2) is 67.7 Å². The first-order valence-electron chi connectivity index (χ1n) is 18.7. The molecule has 3 aromatic carbocycles. The molecule has 7 rings (SSSR count). The monoisotopic (exact) mass is 881 g/mol. The summed E-state index contributed by atoms with van der Waals surface area (Å²) in [6.07, 6.45) is 2.58. The van der Waals surface area contributed by atoms with Crippen LogP contribution in [0.15, 0.2) is 116 Å². The van der Waals surface area contributed by atoms with Crippen LogP contribution in [0.3, 0.4) is 0 Å². The standard InChI is InChI=1S/C40H40ClN13O3S3/c1-2-21-58-39-48-34(31(42)35(49-39)53(43)23-25-8-14-29(41)15-9-25)44-16-19-57-20-17-45-36(55)28-12-10-26(11-13-28)30-24-60-40(47-30)54-37(56)33(50-51-38-46-18-22-59-38)32(52-54)27-6-4-3-5-7-27/h3-15,18,22,24,52H,2,16-17,19-21,23,42-43H2,1H3,(H,45,55)(H,44,48,49). The number of hydrogen-bond donors (Lipinski definition) is 5. The SMILES string of the molecule is CCCSc1nc(NCCOCCNC(=O)c2ccc(-c3csc(-n4[nH]c(-c5ccccc5)c(N=Nc5nccs5)c4=O)n3)cc2)c(N)c(N(N)Cc2ccc(Cl)cc2)n1. The fraction of sp³-hybridized carbons (Fsp3) is 0.200. The topological polar surface area (TPSA) is 220 Å². The second-order valence-electron chi connectivity index (χ2n) is 12.9. The van der Waals surface area contributed by atoms with Crippen LogP contribution < -0.4 is 32.8 Å². The molecule has 20 heteroatoms. The summed E-state index contributed by atoms with van der Waals surface area (Å²) >= 11 is 10.2. The van der Waals surface area contributed by atoms with Gasteiger partial charge in [-0.3, -0.25) is 19.7 Å². The van der Waals surface area contributed by atoms with Crippen molar-refractivity contribution in [2.75, 3.05) is 48.1 Å². The summed E-state index contributed by atoms with van der Waals surface area (Å²) in [6, 6.07) is 23.9. The molecular weight excluding hydrogens is 842 g/mol. The number of aromatic nitrogens is 6. The second-order valence-corrected chi connectivity index (χ2v) is 16.1. The number of hydrazine groups is 1. The Hall–Kier alpha value is -5.96. The number of azo groups is 1. The van der Waals surface area contributed by atoms with Gasteiger partial charge < -0.3 is 21.1 Å². The lowest BCUT2D eigenvalue weighted by Gasteiger charge is -2.21. The molecule has 4 aromatic heterocycles. The first kappa shape index (κ1) is 42.2. The molecule has 1 amide bonds. The fourth-order valence-corrected chi connectivity index (χ4v) is 7.77. The molecule has 0 fully saturated rings. The molecule has 0 spiro atoms. The van der Waals surface area contributed by atoms with Gasteiger partial charge in [0.1, 0.15) is 5.69 Å². The number of hydrogen-bond acceptors (Lipinski definition) is 16. The molecule has 0 atom stereocenters. The van der Waals surface area contributed by atoms with Gasteiger partial charge in [0.2, 0.25) is 10.3 Å². The van der Waals surface area contributed by atoms with E-state index in [1.165, 1.54) is 44.1 Å². The largest absolute Gasteiger partial charge is 0.393 e. The van der Waals surface area contributed by atoms with Gasteiger partial charge in [-0.1, -0.05) is 84.9 Å². The summed E-state index contributed by atoms with van der Waals surface area (Å²) in [6.45, 7) is 3.83. The van der Waals surface area contributed by atoms with Crippen molar-refractivity contribution in [3.8, 4) is 27.6 Å². The van der Waals surface area contributed by atoms with Crippen LogP contribution in [0.25, 0.3) is 27.6 Å². The normalized spacial score (nSPS) is 11.3. The molecule has 0 saturated heterocycles. The van der Waals surface area contributed by atoms with E-state index in [-0.39, 0.29) is 11.6 Å². The Morgan fingerprint density at radius 2 is 1.77 bits per heavy atom. The first-order valence-corrected chi connectivity index (χ1v) is 21.8. The molecule has 7 N–H and O–H groups in total. The van der Waals surface area contributed by atoms with Gasteiger partial charge in [0.25, 0.3) is 5.91 Å². The van der Waals surface area contributed by atoms with Gasteiger partial charge >= 0.3 is 5.56 Å². The number of rotatable bonds is 19. The van der Waals surface area contributed by atoms with E-state index in [0.29, 0.717) is 87.6 Å². The van der Waals surface area contributed by atoms with Gasteiger partial charge in [-0.15, -0.1) is 32.9 Å². The lowest BCUT2D eigenvalue weighted by Crippen LogP contribution is -2.32. The lowest BCUT2D eigenvalue weighted by atomic mass is 10.1. The maximum Gasteiger partial charge on any atom is 0.301 e. The van der Waals surface area contributed by atoms with E-state index in [4.69, 9.17) is 32.9 Å². The predicted octanol–water partition coefficient (Wildman–Crippen LogP) is 8.09. The van der Waals surface area contributed by atoms with E-state index in [2.05, 4.69) is 47.8 Å². The Labute approximate surface area is 362 Å². The number of carbonyl (C=O) groups is 1. The fourth-order valence-electron chi connectivity index (χ4n) is 5.70. The summed E-state index contributed by atoms with van der Waals surface area (Å²) in [5, 5.41) is 24.9. The molecule has 0 radical (unpaired) electrons. The number of nitrogen functional groups attached to an aromatic ring is 1. The van der Waals surface area contributed by atoms with Gasteiger partial charge in [-0.25, -0.2) is 25.8 Å². The third-order valence-corrected chi connectivity index (χ3v) is 11.4. The summed E-state index contributed by atoms with van der Waals surface area (Å²) in [7, 11) is 0. The number of anilines is 3. The Morgan fingerprint density at radius 3 is 2.52 bits per heavy atom. The minimum atomic E-state index is -0.396. The molecule has 0 bridgehead atoms. The van der Waals surface area contributed by atoms with E-state index in [1.807, 2.05) is 72.1 Å². The number of nitrogens with two attached hydrogens (primary N) is 2. The minimum absolute atomic E-state index is 0.147. The van der Waals surface area contributed by atoms with Crippen LogP contribution in [0, 0.1) is 0 Å².